The Hall–Kier alpha value is -4.05. The lowest BCUT2D eigenvalue weighted by atomic mass is 10.0. The van der Waals surface area contributed by atoms with Gasteiger partial charge < -0.3 is 11.1 Å². The van der Waals surface area contributed by atoms with E-state index < -0.39 is 23.7 Å². The van der Waals surface area contributed by atoms with Crippen LogP contribution >= 0.6 is 27.3 Å². The molecule has 5 aromatic heterocycles. The number of carbonyl (C=O) groups excluding carboxylic acids is 2. The van der Waals surface area contributed by atoms with Crippen molar-refractivity contribution in [1.82, 2.24) is 34.3 Å². The summed E-state index contributed by atoms with van der Waals surface area (Å²) in [7, 11) is 0. The molecule has 0 aliphatic heterocycles. The Morgan fingerprint density at radius 1 is 1.10 bits per heavy atom. The topological polar surface area (TPSA) is 139 Å². The molecule has 5 heterocycles. The normalized spacial score (nSPS) is 11.9. The van der Waals surface area contributed by atoms with Crippen molar-refractivity contribution in [2.45, 2.75) is 47.1 Å². The number of alkyl halides is 3. The number of nitrogens with two attached hydrogens (primary N) is 1. The Bertz CT molecular complexity index is 1830. The zero-order valence-corrected chi connectivity index (χ0v) is 24.6. The molecule has 5 rings (SSSR count). The first-order chi connectivity index (χ1) is 19.3. The van der Waals surface area contributed by atoms with Gasteiger partial charge in [0.1, 0.15) is 22.1 Å². The van der Waals surface area contributed by atoms with Crippen LogP contribution in [0.4, 0.5) is 18.9 Å². The van der Waals surface area contributed by atoms with Crippen LogP contribution in [0.3, 0.4) is 0 Å². The monoisotopic (exact) mass is 649 g/mol. The predicted molar refractivity (Wildman–Crippen MR) is 150 cm³/mol. The van der Waals surface area contributed by atoms with E-state index in [1.807, 2.05) is 20.8 Å². The third kappa shape index (κ3) is 5.24. The summed E-state index contributed by atoms with van der Waals surface area (Å²) in [6, 6.07) is 2.37. The molecule has 0 fully saturated rings. The standard InChI is InChI=1S/C25H23BrF3N9O2S/c1-5-36-9-15(11(2)33-36)14-8-17(25(27,28)29)31-24-18(14)20(21(41-24)22(30)39)32-23(40)16-6-7-37(35-16)10-38-13(4)19(26)12(3)34-38/h6-9H,5,10H2,1-4H3,(H2,30,39)(H,32,40). The highest BCUT2D eigenvalue weighted by molar-refractivity contribution is 9.10. The molecule has 11 nitrogen and oxygen atoms in total. The number of rotatable bonds is 7. The number of pyridine rings is 1. The zero-order valence-electron chi connectivity index (χ0n) is 22.2. The number of carbonyl (C=O) groups is 2. The first kappa shape index (κ1) is 28.5. The maximum atomic E-state index is 13.8. The van der Waals surface area contributed by atoms with E-state index in [4.69, 9.17) is 5.73 Å². The molecule has 0 spiro atoms. The van der Waals surface area contributed by atoms with Crippen molar-refractivity contribution < 1.29 is 22.8 Å². The van der Waals surface area contributed by atoms with Crippen LogP contribution in [0.1, 0.15) is 49.9 Å². The molecule has 0 aromatic carbocycles. The second-order valence-electron chi connectivity index (χ2n) is 9.21. The van der Waals surface area contributed by atoms with E-state index in [0.29, 0.717) is 29.1 Å². The molecule has 16 heteroatoms. The lowest BCUT2D eigenvalue weighted by molar-refractivity contribution is -0.140. The number of nitrogens with one attached hydrogen (secondary N) is 1. The van der Waals surface area contributed by atoms with Crippen LogP contribution in [0.15, 0.2) is 29.0 Å². The van der Waals surface area contributed by atoms with Gasteiger partial charge in [-0.2, -0.15) is 28.5 Å². The largest absolute Gasteiger partial charge is 0.433 e. The number of nitrogens with zero attached hydrogens (tertiary/aromatic N) is 7. The molecule has 214 valence electrons. The number of amides is 2. The molecule has 0 atom stereocenters. The number of halogens is 4. The van der Waals surface area contributed by atoms with Gasteiger partial charge >= 0.3 is 6.18 Å². The summed E-state index contributed by atoms with van der Waals surface area (Å²) in [4.78, 5) is 29.3. The fourth-order valence-electron chi connectivity index (χ4n) is 4.38. The Morgan fingerprint density at radius 2 is 1.83 bits per heavy atom. The minimum Gasteiger partial charge on any atom is -0.365 e. The van der Waals surface area contributed by atoms with Crippen molar-refractivity contribution in [1.29, 1.82) is 0 Å². The molecule has 0 aliphatic rings. The Balaban J connectivity index is 1.59. The van der Waals surface area contributed by atoms with Gasteiger partial charge in [-0.25, -0.2) is 9.67 Å². The van der Waals surface area contributed by atoms with E-state index in [2.05, 4.69) is 41.5 Å². The first-order valence-electron chi connectivity index (χ1n) is 12.2. The molecule has 0 aliphatic carbocycles. The molecule has 0 radical (unpaired) electrons. The van der Waals surface area contributed by atoms with Crippen molar-refractivity contribution in [3.8, 4) is 11.1 Å². The molecule has 2 amide bonds. The van der Waals surface area contributed by atoms with Crippen molar-refractivity contribution in [3.05, 3.63) is 62.3 Å². The summed E-state index contributed by atoms with van der Waals surface area (Å²) in [6.45, 7) is 7.96. The lowest BCUT2D eigenvalue weighted by Crippen LogP contribution is -2.18. The van der Waals surface area contributed by atoms with Crippen LogP contribution in [0.25, 0.3) is 21.3 Å². The molecule has 0 bridgehead atoms. The SMILES string of the molecule is CCn1cc(-c2cc(C(F)(F)F)nc3sc(C(N)=O)c(NC(=O)c4ccn(Cn5nc(C)c(Br)c5C)n4)c23)c(C)n1. The van der Waals surface area contributed by atoms with E-state index in [0.717, 1.165) is 21.9 Å². The quantitative estimate of drug-likeness (QED) is 0.250. The molecular formula is C25H23BrF3N9O2S. The van der Waals surface area contributed by atoms with Crippen LogP contribution in [0.2, 0.25) is 0 Å². The van der Waals surface area contributed by atoms with Gasteiger partial charge in [0.25, 0.3) is 11.8 Å². The van der Waals surface area contributed by atoms with Crippen LogP contribution in [-0.2, 0) is 19.4 Å². The summed E-state index contributed by atoms with van der Waals surface area (Å²) in [5, 5.41) is 15.9. The number of primary amides is 1. The number of fused-ring (bicyclic) bond motifs is 1. The summed E-state index contributed by atoms with van der Waals surface area (Å²) in [5.74, 6) is -1.61. The third-order valence-corrected chi connectivity index (χ3v) is 8.67. The van der Waals surface area contributed by atoms with Gasteiger partial charge in [-0.15, -0.1) is 11.3 Å². The fraction of sp³-hybridized carbons (Fsp3) is 0.280. The molecular weight excluding hydrogens is 627 g/mol. The van der Waals surface area contributed by atoms with Crippen molar-refractivity contribution in [2.75, 3.05) is 5.32 Å². The van der Waals surface area contributed by atoms with E-state index in [1.54, 1.807) is 28.7 Å². The highest BCUT2D eigenvalue weighted by atomic mass is 79.9. The summed E-state index contributed by atoms with van der Waals surface area (Å²) < 4.78 is 47.1. The van der Waals surface area contributed by atoms with Gasteiger partial charge in [0, 0.05) is 29.9 Å². The van der Waals surface area contributed by atoms with Gasteiger partial charge in [0.05, 0.1) is 27.2 Å². The smallest absolute Gasteiger partial charge is 0.365 e. The second-order valence-corrected chi connectivity index (χ2v) is 11.0. The van der Waals surface area contributed by atoms with E-state index in [-0.39, 0.29) is 38.7 Å². The second kappa shape index (κ2) is 10.4. The number of hydrogen-bond acceptors (Lipinski definition) is 7. The average Bonchev–Trinajstić information content (AvgIpc) is 3.67. The molecule has 0 saturated heterocycles. The van der Waals surface area contributed by atoms with E-state index >= 15 is 0 Å². The molecule has 3 N–H and O–H groups in total. The summed E-state index contributed by atoms with van der Waals surface area (Å²) in [6.07, 6.45) is -1.56. The Labute approximate surface area is 243 Å². The van der Waals surface area contributed by atoms with Crippen molar-refractivity contribution in [3.63, 3.8) is 0 Å². The van der Waals surface area contributed by atoms with E-state index in [9.17, 15) is 22.8 Å². The maximum absolute atomic E-state index is 13.8. The average molecular weight is 650 g/mol. The van der Waals surface area contributed by atoms with E-state index in [1.165, 1.54) is 10.7 Å². The number of aromatic nitrogens is 7. The molecule has 0 saturated carbocycles. The van der Waals surface area contributed by atoms with Crippen molar-refractivity contribution >= 4 is 55.0 Å². The molecule has 0 unspecified atom stereocenters. The van der Waals surface area contributed by atoms with Crippen LogP contribution in [0.5, 0.6) is 0 Å². The van der Waals surface area contributed by atoms with Gasteiger partial charge in [-0.3, -0.25) is 19.0 Å². The Kier molecular flexibility index (Phi) is 7.23. The van der Waals surface area contributed by atoms with Gasteiger partial charge in [0.15, 0.2) is 5.69 Å². The van der Waals surface area contributed by atoms with Gasteiger partial charge in [0.2, 0.25) is 0 Å². The van der Waals surface area contributed by atoms with Crippen molar-refractivity contribution in [2.24, 2.45) is 5.73 Å². The van der Waals surface area contributed by atoms with Gasteiger partial charge in [-0.05, 0) is 61.3 Å². The third-order valence-electron chi connectivity index (χ3n) is 6.42. The summed E-state index contributed by atoms with van der Waals surface area (Å²) in [5.41, 5.74) is 7.07. The highest BCUT2D eigenvalue weighted by Crippen LogP contribution is 2.44. The number of thiophene rings is 1. The minimum atomic E-state index is -4.76. The highest BCUT2D eigenvalue weighted by Gasteiger charge is 2.35. The fourth-order valence-corrected chi connectivity index (χ4v) is 5.67. The maximum Gasteiger partial charge on any atom is 0.433 e. The first-order valence-corrected chi connectivity index (χ1v) is 13.8. The zero-order chi connectivity index (χ0) is 29.8. The Morgan fingerprint density at radius 3 is 2.41 bits per heavy atom. The number of anilines is 1. The molecule has 5 aromatic rings. The number of hydrogen-bond donors (Lipinski definition) is 2. The minimum absolute atomic E-state index is 0.0109. The van der Waals surface area contributed by atoms with Crippen LogP contribution < -0.4 is 11.1 Å². The molecule has 41 heavy (non-hydrogen) atoms. The van der Waals surface area contributed by atoms with Crippen LogP contribution in [-0.4, -0.2) is 46.1 Å². The summed E-state index contributed by atoms with van der Waals surface area (Å²) >= 11 is 4.14. The van der Waals surface area contributed by atoms with Crippen LogP contribution in [0, 0.1) is 20.8 Å². The lowest BCUT2D eigenvalue weighted by Gasteiger charge is -2.11. The number of aryl methyl sites for hydroxylation is 3. The predicted octanol–water partition coefficient (Wildman–Crippen LogP) is 5.14. The van der Waals surface area contributed by atoms with Gasteiger partial charge in [-0.1, -0.05) is 0 Å².